The van der Waals surface area contributed by atoms with Crippen LogP contribution in [0.2, 0.25) is 0 Å². The maximum Gasteiger partial charge on any atom is 0.185 e. The number of ketones is 1. The lowest BCUT2D eigenvalue weighted by atomic mass is 10.1. The fourth-order valence-corrected chi connectivity index (χ4v) is 2.86. The van der Waals surface area contributed by atoms with E-state index in [1.165, 1.54) is 26.4 Å². The van der Waals surface area contributed by atoms with Crippen LogP contribution in [0.3, 0.4) is 0 Å². The summed E-state index contributed by atoms with van der Waals surface area (Å²) in [6.07, 6.45) is 4.08. The minimum Gasteiger partial charge on any atom is -0.497 e. The topological polar surface area (TPSA) is 35.5 Å². The van der Waals surface area contributed by atoms with E-state index in [9.17, 15) is 13.6 Å². The smallest absolute Gasteiger partial charge is 0.185 e. The second-order valence-corrected chi connectivity index (χ2v) is 5.94. The lowest BCUT2D eigenvalue weighted by Crippen LogP contribution is -1.97. The van der Waals surface area contributed by atoms with Crippen molar-refractivity contribution in [2.45, 2.75) is 12.8 Å². The Morgan fingerprint density at radius 2 is 1.23 bits per heavy atom. The molecular formula is C21H18F2O3. The molecule has 0 unspecified atom stereocenters. The highest BCUT2D eigenvalue weighted by molar-refractivity contribution is 6.15. The van der Waals surface area contributed by atoms with Gasteiger partial charge in [0.2, 0.25) is 0 Å². The molecule has 1 fully saturated rings. The number of rotatable bonds is 4. The van der Waals surface area contributed by atoms with Crippen LogP contribution in [0.1, 0.15) is 24.0 Å². The Balaban J connectivity index is 1.86. The first-order valence-electron chi connectivity index (χ1n) is 8.14. The first-order chi connectivity index (χ1) is 12.5. The predicted octanol–water partition coefficient (Wildman–Crippen LogP) is 4.81. The third-order valence-corrected chi connectivity index (χ3v) is 4.32. The van der Waals surface area contributed by atoms with Gasteiger partial charge in [0.25, 0.3) is 0 Å². The van der Waals surface area contributed by atoms with E-state index >= 15 is 0 Å². The normalized spacial score (nSPS) is 17.2. The summed E-state index contributed by atoms with van der Waals surface area (Å²) >= 11 is 0. The van der Waals surface area contributed by atoms with Crippen LogP contribution < -0.4 is 9.47 Å². The highest BCUT2D eigenvalue weighted by Gasteiger charge is 2.23. The van der Waals surface area contributed by atoms with Crippen molar-refractivity contribution in [1.82, 2.24) is 0 Å². The standard InChI is InChI=1S/C21H18F2O3/c1-25-17-7-5-13(19(22)11-17)9-15-3-4-16(21(15)24)10-14-6-8-18(26-2)12-20(14)23/h5-12H,3-4H2,1-2H3/b15-9+,16-10+. The second-order valence-electron chi connectivity index (χ2n) is 5.94. The minimum atomic E-state index is -0.455. The Kier molecular flexibility index (Phi) is 5.16. The van der Waals surface area contributed by atoms with Crippen LogP contribution >= 0.6 is 0 Å². The zero-order valence-corrected chi connectivity index (χ0v) is 14.5. The maximum atomic E-state index is 14.1. The first-order valence-corrected chi connectivity index (χ1v) is 8.14. The number of benzene rings is 2. The molecular weight excluding hydrogens is 338 g/mol. The van der Waals surface area contributed by atoms with Crippen LogP contribution in [-0.2, 0) is 4.79 Å². The van der Waals surface area contributed by atoms with Crippen LogP contribution in [0.15, 0.2) is 47.5 Å². The van der Waals surface area contributed by atoms with E-state index in [1.807, 2.05) is 0 Å². The first kappa shape index (κ1) is 17.9. The maximum absolute atomic E-state index is 14.1. The number of hydrogen-bond donors (Lipinski definition) is 0. The van der Waals surface area contributed by atoms with Gasteiger partial charge in [0.1, 0.15) is 23.1 Å². The van der Waals surface area contributed by atoms with Crippen molar-refractivity contribution in [1.29, 1.82) is 0 Å². The van der Waals surface area contributed by atoms with E-state index < -0.39 is 11.6 Å². The van der Waals surface area contributed by atoms with Gasteiger partial charge in [-0.2, -0.15) is 0 Å². The van der Waals surface area contributed by atoms with Crippen molar-refractivity contribution in [2.24, 2.45) is 0 Å². The molecule has 0 N–H and O–H groups in total. The summed E-state index contributed by atoms with van der Waals surface area (Å²) in [5.74, 6) is -0.266. The molecule has 134 valence electrons. The molecule has 0 aliphatic heterocycles. The van der Waals surface area contributed by atoms with E-state index in [0.29, 0.717) is 46.6 Å². The van der Waals surface area contributed by atoms with Crippen molar-refractivity contribution >= 4 is 17.9 Å². The molecule has 26 heavy (non-hydrogen) atoms. The Labute approximate surface area is 150 Å². The van der Waals surface area contributed by atoms with Crippen molar-refractivity contribution in [2.75, 3.05) is 14.2 Å². The van der Waals surface area contributed by atoms with Crippen molar-refractivity contribution in [3.05, 3.63) is 70.3 Å². The molecule has 0 amide bonds. The molecule has 0 saturated heterocycles. The summed E-state index contributed by atoms with van der Waals surface area (Å²) in [6, 6.07) is 8.96. The average Bonchev–Trinajstić information content (AvgIpc) is 2.98. The van der Waals surface area contributed by atoms with Gasteiger partial charge in [-0.3, -0.25) is 4.79 Å². The molecule has 2 aromatic carbocycles. The van der Waals surface area contributed by atoms with Gasteiger partial charge in [0.05, 0.1) is 14.2 Å². The zero-order valence-electron chi connectivity index (χ0n) is 14.5. The highest BCUT2D eigenvalue weighted by Crippen LogP contribution is 2.31. The van der Waals surface area contributed by atoms with Gasteiger partial charge in [0, 0.05) is 34.4 Å². The predicted molar refractivity (Wildman–Crippen MR) is 96.1 cm³/mol. The number of allylic oxidation sites excluding steroid dienone is 2. The molecule has 1 saturated carbocycles. The monoisotopic (exact) mass is 356 g/mol. The van der Waals surface area contributed by atoms with E-state index in [1.54, 1.807) is 36.4 Å². The quantitative estimate of drug-likeness (QED) is 0.738. The van der Waals surface area contributed by atoms with Gasteiger partial charge in [-0.1, -0.05) is 0 Å². The Morgan fingerprint density at radius 3 is 1.58 bits per heavy atom. The van der Waals surface area contributed by atoms with Crippen LogP contribution in [0.25, 0.3) is 12.2 Å². The number of methoxy groups -OCH3 is 2. The summed E-state index contributed by atoms with van der Waals surface area (Å²) in [7, 11) is 2.92. The van der Waals surface area contributed by atoms with E-state index in [4.69, 9.17) is 9.47 Å². The Hall–Kier alpha value is -2.95. The number of carbonyl (C=O) groups is 1. The molecule has 1 aliphatic carbocycles. The van der Waals surface area contributed by atoms with Gasteiger partial charge in [-0.15, -0.1) is 0 Å². The lowest BCUT2D eigenvalue weighted by molar-refractivity contribution is -0.111. The Bertz CT molecular complexity index is 840. The van der Waals surface area contributed by atoms with Crippen LogP contribution in [0.4, 0.5) is 8.78 Å². The molecule has 0 heterocycles. The van der Waals surface area contributed by atoms with Gasteiger partial charge in [-0.05, 0) is 49.3 Å². The molecule has 1 aliphatic rings. The molecule has 0 spiro atoms. The SMILES string of the molecule is COc1ccc(/C=C2\CC/C(=C\c3ccc(OC)cc3F)C2=O)c(F)c1. The van der Waals surface area contributed by atoms with Gasteiger partial charge < -0.3 is 9.47 Å². The molecule has 0 bridgehead atoms. The summed E-state index contributed by atoms with van der Waals surface area (Å²) in [5.41, 5.74) is 1.67. The highest BCUT2D eigenvalue weighted by atomic mass is 19.1. The fourth-order valence-electron chi connectivity index (χ4n) is 2.86. The van der Waals surface area contributed by atoms with Crippen LogP contribution in [-0.4, -0.2) is 20.0 Å². The van der Waals surface area contributed by atoms with Gasteiger partial charge in [-0.25, -0.2) is 8.78 Å². The van der Waals surface area contributed by atoms with Gasteiger partial charge >= 0.3 is 0 Å². The molecule has 3 nitrogen and oxygen atoms in total. The Morgan fingerprint density at radius 1 is 0.808 bits per heavy atom. The van der Waals surface area contributed by atoms with Crippen molar-refractivity contribution < 1.29 is 23.0 Å². The number of ether oxygens (including phenoxy) is 2. The van der Waals surface area contributed by atoms with Crippen molar-refractivity contribution in [3.8, 4) is 11.5 Å². The zero-order chi connectivity index (χ0) is 18.7. The van der Waals surface area contributed by atoms with Gasteiger partial charge in [0.15, 0.2) is 5.78 Å². The third kappa shape index (κ3) is 3.67. The number of halogens is 2. The molecule has 5 heteroatoms. The molecule has 3 rings (SSSR count). The number of carbonyl (C=O) groups excluding carboxylic acids is 1. The summed E-state index contributed by atoms with van der Waals surface area (Å²) in [5, 5.41) is 0. The minimum absolute atomic E-state index is 0.185. The second kappa shape index (κ2) is 7.52. The third-order valence-electron chi connectivity index (χ3n) is 4.32. The molecule has 2 aromatic rings. The van der Waals surface area contributed by atoms with E-state index in [2.05, 4.69) is 0 Å². The molecule has 0 atom stereocenters. The number of hydrogen-bond acceptors (Lipinski definition) is 3. The number of Topliss-reactive ketones (excluding diaryl/α,β-unsaturated/α-hetero) is 1. The summed E-state index contributed by atoms with van der Waals surface area (Å²) in [4.78, 5) is 12.6. The molecule has 0 aromatic heterocycles. The van der Waals surface area contributed by atoms with Crippen molar-refractivity contribution in [3.63, 3.8) is 0 Å². The van der Waals surface area contributed by atoms with Crippen LogP contribution in [0.5, 0.6) is 11.5 Å². The summed E-state index contributed by atoms with van der Waals surface area (Å²) in [6.45, 7) is 0. The fraction of sp³-hybridized carbons (Fsp3) is 0.190. The van der Waals surface area contributed by atoms with E-state index in [-0.39, 0.29) is 5.78 Å². The van der Waals surface area contributed by atoms with Crippen LogP contribution in [0, 0.1) is 11.6 Å². The van der Waals surface area contributed by atoms with E-state index in [0.717, 1.165) is 0 Å². The lowest BCUT2D eigenvalue weighted by Gasteiger charge is -2.03. The molecule has 0 radical (unpaired) electrons. The average molecular weight is 356 g/mol. The summed E-state index contributed by atoms with van der Waals surface area (Å²) < 4.78 is 38.1. The largest absolute Gasteiger partial charge is 0.497 e.